The molecular weight excluding hydrogens is 336 g/mol. The highest BCUT2D eigenvalue weighted by Crippen LogP contribution is 2.24. The molecule has 1 N–H and O–H groups in total. The Bertz CT molecular complexity index is 763. The largest absolute Gasteiger partial charge is 0.302 e. The predicted molar refractivity (Wildman–Crippen MR) is 86.5 cm³/mol. The number of pyridine rings is 1. The summed E-state index contributed by atoms with van der Waals surface area (Å²) in [6.45, 7) is 0.590. The van der Waals surface area contributed by atoms with Gasteiger partial charge in [-0.05, 0) is 25.0 Å². The molecule has 0 aliphatic carbocycles. The first-order valence-corrected chi connectivity index (χ1v) is 9.50. The zero-order valence-electron chi connectivity index (χ0n) is 12.3. The normalized spacial score (nSPS) is 19.4. The van der Waals surface area contributed by atoms with E-state index in [1.54, 1.807) is 17.6 Å². The van der Waals surface area contributed by atoms with Gasteiger partial charge < -0.3 is 5.32 Å². The summed E-state index contributed by atoms with van der Waals surface area (Å²) in [4.78, 5) is 20.3. The molecular formula is C14H16N4O3S2. The number of hydrogen-bond acceptors (Lipinski definition) is 6. The van der Waals surface area contributed by atoms with Gasteiger partial charge in [0.2, 0.25) is 15.9 Å². The maximum atomic E-state index is 12.6. The number of amides is 1. The quantitative estimate of drug-likeness (QED) is 0.902. The van der Waals surface area contributed by atoms with Gasteiger partial charge in [0.1, 0.15) is 4.90 Å². The Morgan fingerprint density at radius 2 is 2.26 bits per heavy atom. The van der Waals surface area contributed by atoms with Gasteiger partial charge in [0.05, 0.1) is 5.92 Å². The molecule has 1 aliphatic rings. The maximum absolute atomic E-state index is 12.6. The van der Waals surface area contributed by atoms with Gasteiger partial charge in [0.15, 0.2) is 5.13 Å². The Morgan fingerprint density at radius 1 is 1.39 bits per heavy atom. The number of aromatic nitrogens is 2. The van der Waals surface area contributed by atoms with Crippen LogP contribution in [0.4, 0.5) is 5.13 Å². The van der Waals surface area contributed by atoms with Crippen LogP contribution in [0.1, 0.15) is 12.8 Å². The number of thiazole rings is 1. The Morgan fingerprint density at radius 3 is 2.96 bits per heavy atom. The van der Waals surface area contributed by atoms with Crippen molar-refractivity contribution < 1.29 is 13.2 Å². The molecule has 2 aromatic rings. The molecule has 122 valence electrons. The molecule has 1 aliphatic heterocycles. The minimum absolute atomic E-state index is 0.154. The number of sulfonamides is 1. The summed E-state index contributed by atoms with van der Waals surface area (Å²) in [5.41, 5.74) is 0. The summed E-state index contributed by atoms with van der Waals surface area (Å²) in [5.74, 6) is -0.565. The Kier molecular flexibility index (Phi) is 4.69. The van der Waals surface area contributed by atoms with Crippen molar-refractivity contribution in [2.24, 2.45) is 5.92 Å². The van der Waals surface area contributed by atoms with Crippen molar-refractivity contribution in [2.45, 2.75) is 17.7 Å². The van der Waals surface area contributed by atoms with Crippen molar-refractivity contribution in [2.75, 3.05) is 18.4 Å². The summed E-state index contributed by atoms with van der Waals surface area (Å²) < 4.78 is 26.6. The molecule has 0 saturated carbocycles. The van der Waals surface area contributed by atoms with Crippen LogP contribution in [0, 0.1) is 5.92 Å². The topological polar surface area (TPSA) is 92.3 Å². The molecule has 23 heavy (non-hydrogen) atoms. The van der Waals surface area contributed by atoms with Gasteiger partial charge in [0.25, 0.3) is 0 Å². The summed E-state index contributed by atoms with van der Waals surface area (Å²) in [6, 6.07) is 3.10. The highest BCUT2D eigenvalue weighted by Gasteiger charge is 2.33. The molecule has 1 fully saturated rings. The van der Waals surface area contributed by atoms with E-state index >= 15 is 0 Å². The molecule has 2 aromatic heterocycles. The van der Waals surface area contributed by atoms with Crippen molar-refractivity contribution in [3.8, 4) is 0 Å². The molecule has 0 aromatic carbocycles. The minimum atomic E-state index is -3.61. The van der Waals surface area contributed by atoms with E-state index in [2.05, 4.69) is 15.3 Å². The van der Waals surface area contributed by atoms with Gasteiger partial charge in [0, 0.05) is 37.1 Å². The molecule has 0 bridgehead atoms. The maximum Gasteiger partial charge on any atom is 0.244 e. The van der Waals surface area contributed by atoms with Gasteiger partial charge in [-0.15, -0.1) is 11.3 Å². The van der Waals surface area contributed by atoms with Crippen LogP contribution in [0.3, 0.4) is 0 Å². The van der Waals surface area contributed by atoms with E-state index in [1.165, 1.54) is 34.1 Å². The monoisotopic (exact) mass is 352 g/mol. The second-order valence-corrected chi connectivity index (χ2v) is 8.05. The van der Waals surface area contributed by atoms with E-state index in [0.717, 1.165) is 0 Å². The molecule has 1 atom stereocenters. The fraction of sp³-hybridized carbons (Fsp3) is 0.357. The van der Waals surface area contributed by atoms with Crippen LogP contribution in [0.5, 0.6) is 0 Å². The number of carbonyl (C=O) groups is 1. The fourth-order valence-electron chi connectivity index (χ4n) is 2.52. The summed E-state index contributed by atoms with van der Waals surface area (Å²) in [7, 11) is -3.61. The van der Waals surface area contributed by atoms with E-state index in [9.17, 15) is 13.2 Å². The van der Waals surface area contributed by atoms with Crippen molar-refractivity contribution in [3.05, 3.63) is 36.1 Å². The van der Waals surface area contributed by atoms with Crippen LogP contribution in [-0.2, 0) is 14.8 Å². The third kappa shape index (κ3) is 3.57. The Labute approximate surface area is 138 Å². The molecule has 7 nitrogen and oxygen atoms in total. The first-order valence-electron chi connectivity index (χ1n) is 7.18. The highest BCUT2D eigenvalue weighted by atomic mass is 32.2. The summed E-state index contributed by atoms with van der Waals surface area (Å²) in [5, 5.41) is 5.04. The second kappa shape index (κ2) is 6.73. The van der Waals surface area contributed by atoms with Crippen molar-refractivity contribution in [1.29, 1.82) is 0 Å². The van der Waals surface area contributed by atoms with E-state index in [0.29, 0.717) is 24.5 Å². The lowest BCUT2D eigenvalue weighted by atomic mass is 9.99. The zero-order valence-corrected chi connectivity index (χ0v) is 13.9. The van der Waals surface area contributed by atoms with E-state index in [-0.39, 0.29) is 23.3 Å². The molecule has 3 rings (SSSR count). The molecule has 0 spiro atoms. The number of nitrogens with one attached hydrogen (secondary N) is 1. The second-order valence-electron chi connectivity index (χ2n) is 5.22. The summed E-state index contributed by atoms with van der Waals surface area (Å²) in [6.07, 6.45) is 5.78. The van der Waals surface area contributed by atoms with Gasteiger partial charge in [-0.3, -0.25) is 9.78 Å². The number of anilines is 1. The lowest BCUT2D eigenvalue weighted by molar-refractivity contribution is -0.120. The zero-order chi connectivity index (χ0) is 16.3. The first-order chi connectivity index (χ1) is 11.1. The van der Waals surface area contributed by atoms with Crippen LogP contribution in [0.25, 0.3) is 0 Å². The van der Waals surface area contributed by atoms with Gasteiger partial charge >= 0.3 is 0 Å². The minimum Gasteiger partial charge on any atom is -0.302 e. The predicted octanol–water partition coefficient (Wildman–Crippen LogP) is 1.58. The van der Waals surface area contributed by atoms with Crippen LogP contribution in [0.15, 0.2) is 41.0 Å². The molecule has 3 heterocycles. The van der Waals surface area contributed by atoms with E-state index in [4.69, 9.17) is 0 Å². The number of rotatable bonds is 4. The molecule has 1 unspecified atom stereocenters. The standard InChI is InChI=1S/C14H16N4O3S2/c19-13(17-14-16-6-8-22-14)11-3-2-7-18(10-11)23(20,21)12-4-1-5-15-9-12/h1,4-6,8-9,11H,2-3,7,10H2,(H,16,17,19). The van der Waals surface area contributed by atoms with Crippen LogP contribution in [0.2, 0.25) is 0 Å². The van der Waals surface area contributed by atoms with Crippen LogP contribution >= 0.6 is 11.3 Å². The molecule has 1 saturated heterocycles. The van der Waals surface area contributed by atoms with Crippen LogP contribution in [-0.4, -0.2) is 41.7 Å². The van der Waals surface area contributed by atoms with E-state index in [1.807, 2.05) is 0 Å². The third-order valence-corrected chi connectivity index (χ3v) is 6.23. The number of piperidine rings is 1. The Hall–Kier alpha value is -1.84. The van der Waals surface area contributed by atoms with Crippen LogP contribution < -0.4 is 5.32 Å². The highest BCUT2D eigenvalue weighted by molar-refractivity contribution is 7.89. The Balaban J connectivity index is 1.72. The lowest BCUT2D eigenvalue weighted by Gasteiger charge is -2.30. The van der Waals surface area contributed by atoms with Crippen molar-refractivity contribution in [1.82, 2.24) is 14.3 Å². The van der Waals surface area contributed by atoms with Crippen molar-refractivity contribution >= 4 is 32.4 Å². The average Bonchev–Trinajstić information content (AvgIpc) is 3.09. The third-order valence-electron chi connectivity index (χ3n) is 3.69. The number of carbonyl (C=O) groups excluding carboxylic acids is 1. The lowest BCUT2D eigenvalue weighted by Crippen LogP contribution is -2.43. The van der Waals surface area contributed by atoms with Gasteiger partial charge in [-0.2, -0.15) is 4.31 Å². The molecule has 9 heteroatoms. The smallest absolute Gasteiger partial charge is 0.244 e. The van der Waals surface area contributed by atoms with Crippen molar-refractivity contribution in [3.63, 3.8) is 0 Å². The first kappa shape index (κ1) is 16.0. The average molecular weight is 352 g/mol. The number of hydrogen-bond donors (Lipinski definition) is 1. The fourth-order valence-corrected chi connectivity index (χ4v) is 4.54. The van der Waals surface area contributed by atoms with E-state index < -0.39 is 10.0 Å². The van der Waals surface area contributed by atoms with Gasteiger partial charge in [-0.1, -0.05) is 0 Å². The molecule has 0 radical (unpaired) electrons. The molecule has 1 amide bonds. The SMILES string of the molecule is O=C(Nc1nccs1)C1CCCN(S(=O)(=O)c2cccnc2)C1. The number of nitrogens with zero attached hydrogens (tertiary/aromatic N) is 3. The summed E-state index contributed by atoms with van der Waals surface area (Å²) >= 11 is 1.34. The van der Waals surface area contributed by atoms with Gasteiger partial charge in [-0.25, -0.2) is 13.4 Å².